The van der Waals surface area contributed by atoms with E-state index in [9.17, 15) is 0 Å². The zero-order valence-electron chi connectivity index (χ0n) is 13.7. The number of hydrogen-bond donors (Lipinski definition) is 1. The Balaban J connectivity index is 1.91. The van der Waals surface area contributed by atoms with Crippen molar-refractivity contribution in [2.24, 2.45) is 7.05 Å². The SMILES string of the molecule is CN(CCO)Cc1cn(C)nc1-c1ccc2c(c1)OCCCO2. The van der Waals surface area contributed by atoms with Crippen LogP contribution in [0.4, 0.5) is 0 Å². The summed E-state index contributed by atoms with van der Waals surface area (Å²) < 4.78 is 13.3. The van der Waals surface area contributed by atoms with Gasteiger partial charge in [-0.2, -0.15) is 5.10 Å². The Kier molecular flexibility index (Phi) is 4.83. The first-order chi connectivity index (χ1) is 11.2. The topological polar surface area (TPSA) is 59.8 Å². The fourth-order valence-corrected chi connectivity index (χ4v) is 2.75. The molecular weight excluding hydrogens is 294 g/mol. The van der Waals surface area contributed by atoms with Crippen LogP contribution in [0, 0.1) is 0 Å². The van der Waals surface area contributed by atoms with Crippen molar-refractivity contribution < 1.29 is 14.6 Å². The van der Waals surface area contributed by atoms with Gasteiger partial charge >= 0.3 is 0 Å². The lowest BCUT2D eigenvalue weighted by Crippen LogP contribution is -2.21. The molecule has 1 aromatic carbocycles. The first-order valence-corrected chi connectivity index (χ1v) is 7.89. The van der Waals surface area contributed by atoms with Gasteiger partial charge in [-0.3, -0.25) is 9.58 Å². The number of ether oxygens (including phenoxy) is 2. The van der Waals surface area contributed by atoms with Gasteiger partial charge in [0.1, 0.15) is 0 Å². The number of aryl methyl sites for hydroxylation is 1. The minimum Gasteiger partial charge on any atom is -0.490 e. The summed E-state index contributed by atoms with van der Waals surface area (Å²) >= 11 is 0. The molecule has 0 saturated heterocycles. The monoisotopic (exact) mass is 317 g/mol. The van der Waals surface area contributed by atoms with Crippen LogP contribution in [0.5, 0.6) is 11.5 Å². The lowest BCUT2D eigenvalue weighted by atomic mass is 10.1. The lowest BCUT2D eigenvalue weighted by molar-refractivity contribution is 0.217. The number of benzene rings is 1. The summed E-state index contributed by atoms with van der Waals surface area (Å²) in [4.78, 5) is 2.07. The van der Waals surface area contributed by atoms with Crippen LogP contribution in [0.1, 0.15) is 12.0 Å². The highest BCUT2D eigenvalue weighted by molar-refractivity contribution is 5.66. The molecule has 0 saturated carbocycles. The Morgan fingerprint density at radius 3 is 2.83 bits per heavy atom. The summed E-state index contributed by atoms with van der Waals surface area (Å²) in [5.74, 6) is 1.57. The standard InChI is InChI=1S/C17H23N3O3/c1-19(6-7-21)11-14-12-20(2)18-17(14)13-4-5-15-16(10-13)23-9-3-8-22-15/h4-5,10,12,21H,3,6-9,11H2,1-2H3. The lowest BCUT2D eigenvalue weighted by Gasteiger charge is -2.15. The van der Waals surface area contributed by atoms with E-state index in [1.54, 1.807) is 0 Å². The summed E-state index contributed by atoms with van der Waals surface area (Å²) in [7, 11) is 3.91. The second-order valence-electron chi connectivity index (χ2n) is 5.85. The van der Waals surface area contributed by atoms with Gasteiger partial charge < -0.3 is 14.6 Å². The maximum atomic E-state index is 9.07. The molecule has 6 nitrogen and oxygen atoms in total. The molecule has 2 aromatic rings. The van der Waals surface area contributed by atoms with Crippen molar-refractivity contribution in [2.75, 3.05) is 33.4 Å². The summed E-state index contributed by atoms with van der Waals surface area (Å²) in [6, 6.07) is 5.97. The zero-order valence-corrected chi connectivity index (χ0v) is 13.7. The third kappa shape index (κ3) is 3.65. The second-order valence-corrected chi connectivity index (χ2v) is 5.85. The van der Waals surface area contributed by atoms with Crippen molar-refractivity contribution in [3.63, 3.8) is 0 Å². The van der Waals surface area contributed by atoms with E-state index in [0.717, 1.165) is 41.3 Å². The van der Waals surface area contributed by atoms with Crippen molar-refractivity contribution in [1.29, 1.82) is 0 Å². The van der Waals surface area contributed by atoms with E-state index in [1.165, 1.54) is 0 Å². The number of hydrogen-bond acceptors (Lipinski definition) is 5. The number of nitrogens with zero attached hydrogens (tertiary/aromatic N) is 3. The summed E-state index contributed by atoms with van der Waals surface area (Å²) in [6.45, 7) is 2.88. The number of likely N-dealkylation sites (N-methyl/N-ethyl adjacent to an activating group) is 1. The Hall–Kier alpha value is -2.05. The molecule has 0 aliphatic carbocycles. The van der Waals surface area contributed by atoms with Crippen LogP contribution in [0.3, 0.4) is 0 Å². The average molecular weight is 317 g/mol. The van der Waals surface area contributed by atoms with Gasteiger partial charge in [-0.1, -0.05) is 0 Å². The highest BCUT2D eigenvalue weighted by Crippen LogP contribution is 2.34. The zero-order chi connectivity index (χ0) is 16.2. The fraction of sp³-hybridized carbons (Fsp3) is 0.471. The Morgan fingerprint density at radius 1 is 1.26 bits per heavy atom. The molecule has 3 rings (SSSR count). The molecule has 1 aliphatic heterocycles. The molecule has 0 unspecified atom stereocenters. The highest BCUT2D eigenvalue weighted by atomic mass is 16.5. The molecule has 1 aliphatic rings. The first-order valence-electron chi connectivity index (χ1n) is 7.89. The minimum atomic E-state index is 0.149. The van der Waals surface area contributed by atoms with Crippen molar-refractivity contribution in [3.05, 3.63) is 30.0 Å². The molecule has 124 valence electrons. The molecule has 6 heteroatoms. The smallest absolute Gasteiger partial charge is 0.161 e. The first kappa shape index (κ1) is 15.8. The number of aromatic nitrogens is 2. The normalized spacial score (nSPS) is 14.1. The van der Waals surface area contributed by atoms with Crippen molar-refractivity contribution >= 4 is 0 Å². The van der Waals surface area contributed by atoms with Gasteiger partial charge in [0.2, 0.25) is 0 Å². The van der Waals surface area contributed by atoms with Crippen LogP contribution in [0.15, 0.2) is 24.4 Å². The van der Waals surface area contributed by atoms with Crippen LogP contribution in [0.2, 0.25) is 0 Å². The molecule has 1 aromatic heterocycles. The predicted molar refractivity (Wildman–Crippen MR) is 87.7 cm³/mol. The van der Waals surface area contributed by atoms with Gasteiger partial charge in [0.15, 0.2) is 11.5 Å². The maximum absolute atomic E-state index is 9.07. The number of rotatable bonds is 5. The highest BCUT2D eigenvalue weighted by Gasteiger charge is 2.16. The minimum absolute atomic E-state index is 0.149. The van der Waals surface area contributed by atoms with Gasteiger partial charge in [-0.25, -0.2) is 0 Å². The predicted octanol–water partition coefficient (Wildman–Crippen LogP) is 1.67. The number of aliphatic hydroxyl groups is 1. The Bertz CT molecular complexity index is 669. The van der Waals surface area contributed by atoms with E-state index in [2.05, 4.69) is 10.00 Å². The van der Waals surface area contributed by atoms with E-state index in [0.29, 0.717) is 19.8 Å². The van der Waals surface area contributed by atoms with Crippen molar-refractivity contribution in [1.82, 2.24) is 14.7 Å². The molecular formula is C17H23N3O3. The van der Waals surface area contributed by atoms with E-state index in [4.69, 9.17) is 14.6 Å². The molecule has 0 atom stereocenters. The van der Waals surface area contributed by atoms with Gasteiger partial charge in [-0.05, 0) is 25.2 Å². The quantitative estimate of drug-likeness (QED) is 0.909. The van der Waals surface area contributed by atoms with Crippen LogP contribution in [-0.2, 0) is 13.6 Å². The van der Waals surface area contributed by atoms with E-state index >= 15 is 0 Å². The van der Waals surface area contributed by atoms with Gasteiger partial charge in [0.05, 0.1) is 25.5 Å². The Labute approximate surface area is 136 Å². The van der Waals surface area contributed by atoms with E-state index < -0.39 is 0 Å². The molecule has 1 N–H and O–H groups in total. The summed E-state index contributed by atoms with van der Waals surface area (Å²) in [6.07, 6.45) is 2.91. The molecule has 0 amide bonds. The van der Waals surface area contributed by atoms with Gasteiger partial charge in [-0.15, -0.1) is 0 Å². The largest absolute Gasteiger partial charge is 0.490 e. The fourth-order valence-electron chi connectivity index (χ4n) is 2.75. The Morgan fingerprint density at radius 2 is 2.04 bits per heavy atom. The van der Waals surface area contributed by atoms with E-state index in [1.807, 2.05) is 43.2 Å². The van der Waals surface area contributed by atoms with Crippen molar-refractivity contribution in [2.45, 2.75) is 13.0 Å². The molecule has 0 fully saturated rings. The number of aliphatic hydroxyl groups excluding tert-OH is 1. The molecule has 0 radical (unpaired) electrons. The van der Waals surface area contributed by atoms with Crippen LogP contribution < -0.4 is 9.47 Å². The van der Waals surface area contributed by atoms with E-state index in [-0.39, 0.29) is 6.61 Å². The maximum Gasteiger partial charge on any atom is 0.161 e. The molecule has 0 bridgehead atoms. The molecule has 0 spiro atoms. The summed E-state index contributed by atoms with van der Waals surface area (Å²) in [5.41, 5.74) is 3.08. The van der Waals surface area contributed by atoms with Crippen LogP contribution >= 0.6 is 0 Å². The van der Waals surface area contributed by atoms with Crippen LogP contribution in [0.25, 0.3) is 11.3 Å². The van der Waals surface area contributed by atoms with Gasteiger partial charge in [0.25, 0.3) is 0 Å². The number of fused-ring (bicyclic) bond motifs is 1. The molecule has 23 heavy (non-hydrogen) atoms. The third-order valence-electron chi connectivity index (χ3n) is 3.85. The second kappa shape index (κ2) is 7.02. The molecule has 2 heterocycles. The van der Waals surface area contributed by atoms with Gasteiger partial charge in [0, 0.05) is 43.9 Å². The van der Waals surface area contributed by atoms with Crippen LogP contribution in [-0.4, -0.2) is 53.2 Å². The summed E-state index contributed by atoms with van der Waals surface area (Å²) in [5, 5.41) is 13.7. The third-order valence-corrected chi connectivity index (χ3v) is 3.85. The van der Waals surface area contributed by atoms with Crippen molar-refractivity contribution in [3.8, 4) is 22.8 Å². The average Bonchev–Trinajstić information content (AvgIpc) is 2.74.